The lowest BCUT2D eigenvalue weighted by Crippen LogP contribution is -2.14. The molecule has 0 radical (unpaired) electrons. The van der Waals surface area contributed by atoms with E-state index in [1.54, 1.807) is 0 Å². The summed E-state index contributed by atoms with van der Waals surface area (Å²) in [5, 5.41) is 4.12. The zero-order valence-corrected chi connectivity index (χ0v) is 11.9. The van der Waals surface area contributed by atoms with Crippen LogP contribution in [0.2, 0.25) is 0 Å². The molecule has 96 valence electrons. The summed E-state index contributed by atoms with van der Waals surface area (Å²) in [4.78, 5) is 1.12. The maximum atomic E-state index is 6.28. The first-order valence-electron chi connectivity index (χ1n) is 6.24. The SMILES string of the molecule is CCc1nnsc1C(N)Cc1cc(C)cc(C)c1. The minimum atomic E-state index is 0.00106. The Hall–Kier alpha value is -1.26. The molecule has 0 aliphatic carbocycles. The van der Waals surface area contributed by atoms with Gasteiger partial charge in [-0.05, 0) is 43.8 Å². The number of hydrogen-bond donors (Lipinski definition) is 1. The van der Waals surface area contributed by atoms with Gasteiger partial charge in [0.15, 0.2) is 0 Å². The predicted octanol–water partition coefficient (Wildman–Crippen LogP) is 2.96. The van der Waals surface area contributed by atoms with Crippen LogP contribution in [0.25, 0.3) is 0 Å². The number of rotatable bonds is 4. The van der Waals surface area contributed by atoms with E-state index < -0.39 is 0 Å². The summed E-state index contributed by atoms with van der Waals surface area (Å²) >= 11 is 1.42. The highest BCUT2D eigenvalue weighted by Gasteiger charge is 2.15. The molecule has 0 aliphatic heterocycles. The minimum Gasteiger partial charge on any atom is -0.323 e. The van der Waals surface area contributed by atoms with Gasteiger partial charge in [-0.2, -0.15) is 0 Å². The van der Waals surface area contributed by atoms with Gasteiger partial charge in [0.1, 0.15) is 0 Å². The molecule has 1 unspecified atom stereocenters. The summed E-state index contributed by atoms with van der Waals surface area (Å²) in [6.45, 7) is 6.32. The van der Waals surface area contributed by atoms with E-state index in [1.807, 2.05) is 0 Å². The highest BCUT2D eigenvalue weighted by Crippen LogP contribution is 2.23. The van der Waals surface area contributed by atoms with Crippen molar-refractivity contribution in [3.8, 4) is 0 Å². The Balaban J connectivity index is 2.18. The topological polar surface area (TPSA) is 51.8 Å². The third kappa shape index (κ3) is 2.94. The van der Waals surface area contributed by atoms with Crippen molar-refractivity contribution in [2.75, 3.05) is 0 Å². The molecule has 0 saturated heterocycles. The second-order valence-corrected chi connectivity index (χ2v) is 5.53. The van der Waals surface area contributed by atoms with E-state index >= 15 is 0 Å². The van der Waals surface area contributed by atoms with E-state index in [0.29, 0.717) is 0 Å². The van der Waals surface area contributed by atoms with Crippen molar-refractivity contribution in [1.29, 1.82) is 0 Å². The number of nitrogens with two attached hydrogens (primary N) is 1. The van der Waals surface area contributed by atoms with Gasteiger partial charge in [0.25, 0.3) is 0 Å². The van der Waals surface area contributed by atoms with Crippen molar-refractivity contribution in [2.45, 2.75) is 39.7 Å². The molecule has 0 aliphatic rings. The summed E-state index contributed by atoms with van der Waals surface area (Å²) in [6, 6.07) is 6.59. The normalized spacial score (nSPS) is 12.7. The zero-order valence-electron chi connectivity index (χ0n) is 11.1. The first-order chi connectivity index (χ1) is 8.60. The lowest BCUT2D eigenvalue weighted by molar-refractivity contribution is 0.721. The zero-order chi connectivity index (χ0) is 13.1. The molecular weight excluding hydrogens is 242 g/mol. The molecule has 18 heavy (non-hydrogen) atoms. The highest BCUT2D eigenvalue weighted by molar-refractivity contribution is 7.05. The Bertz CT molecular complexity index is 513. The van der Waals surface area contributed by atoms with Crippen molar-refractivity contribution in [2.24, 2.45) is 5.73 Å². The molecule has 4 heteroatoms. The Morgan fingerprint density at radius 3 is 2.50 bits per heavy atom. The maximum Gasteiger partial charge on any atom is 0.0801 e. The quantitative estimate of drug-likeness (QED) is 0.920. The van der Waals surface area contributed by atoms with Gasteiger partial charge in [-0.25, -0.2) is 0 Å². The third-order valence-electron chi connectivity index (χ3n) is 2.99. The standard InChI is InChI=1S/C14H19N3S/c1-4-13-14(18-17-16-13)12(15)8-11-6-9(2)5-10(3)7-11/h5-7,12H,4,8,15H2,1-3H3. The minimum absolute atomic E-state index is 0.00106. The highest BCUT2D eigenvalue weighted by atomic mass is 32.1. The van der Waals surface area contributed by atoms with Crippen LogP contribution in [0.3, 0.4) is 0 Å². The molecule has 0 amide bonds. The fraction of sp³-hybridized carbons (Fsp3) is 0.429. The summed E-state index contributed by atoms with van der Waals surface area (Å²) in [5.74, 6) is 0. The molecular formula is C14H19N3S. The van der Waals surface area contributed by atoms with Crippen LogP contribution in [-0.4, -0.2) is 9.59 Å². The molecule has 1 heterocycles. The van der Waals surface area contributed by atoms with Crippen LogP contribution in [0.15, 0.2) is 18.2 Å². The Kier molecular flexibility index (Phi) is 4.09. The molecule has 1 aromatic carbocycles. The maximum absolute atomic E-state index is 6.28. The van der Waals surface area contributed by atoms with Crippen molar-refractivity contribution in [3.05, 3.63) is 45.5 Å². The predicted molar refractivity (Wildman–Crippen MR) is 75.8 cm³/mol. The second-order valence-electron chi connectivity index (χ2n) is 4.74. The van der Waals surface area contributed by atoms with E-state index in [1.165, 1.54) is 28.2 Å². The van der Waals surface area contributed by atoms with E-state index in [-0.39, 0.29) is 6.04 Å². The van der Waals surface area contributed by atoms with Crippen LogP contribution >= 0.6 is 11.5 Å². The molecule has 0 bridgehead atoms. The summed E-state index contributed by atoms with van der Waals surface area (Å²) in [6.07, 6.45) is 1.74. The van der Waals surface area contributed by atoms with Crippen molar-refractivity contribution in [3.63, 3.8) is 0 Å². The lowest BCUT2D eigenvalue weighted by atomic mass is 10.00. The van der Waals surface area contributed by atoms with Crippen LogP contribution in [0.4, 0.5) is 0 Å². The van der Waals surface area contributed by atoms with E-state index in [2.05, 4.69) is 48.6 Å². The lowest BCUT2D eigenvalue weighted by Gasteiger charge is -2.11. The number of aryl methyl sites for hydroxylation is 3. The molecule has 3 nitrogen and oxygen atoms in total. The van der Waals surface area contributed by atoms with Gasteiger partial charge in [-0.1, -0.05) is 40.7 Å². The fourth-order valence-corrected chi connectivity index (χ4v) is 3.01. The molecule has 2 aromatic rings. The smallest absolute Gasteiger partial charge is 0.0801 e. The van der Waals surface area contributed by atoms with Crippen molar-refractivity contribution >= 4 is 11.5 Å². The average Bonchev–Trinajstić information content (AvgIpc) is 2.75. The van der Waals surface area contributed by atoms with Gasteiger partial charge < -0.3 is 5.73 Å². The second kappa shape index (κ2) is 5.59. The number of benzene rings is 1. The summed E-state index contributed by atoms with van der Waals surface area (Å²) in [7, 11) is 0. The largest absolute Gasteiger partial charge is 0.323 e. The van der Waals surface area contributed by atoms with Crippen LogP contribution in [-0.2, 0) is 12.8 Å². The van der Waals surface area contributed by atoms with Crippen molar-refractivity contribution in [1.82, 2.24) is 9.59 Å². The van der Waals surface area contributed by atoms with Crippen LogP contribution in [0.1, 0.15) is 40.2 Å². The molecule has 2 rings (SSSR count). The molecule has 1 aromatic heterocycles. The van der Waals surface area contributed by atoms with E-state index in [0.717, 1.165) is 23.4 Å². The van der Waals surface area contributed by atoms with Crippen molar-refractivity contribution < 1.29 is 0 Å². The Labute approximate surface area is 112 Å². The van der Waals surface area contributed by atoms with Crippen LogP contribution in [0, 0.1) is 13.8 Å². The number of hydrogen-bond acceptors (Lipinski definition) is 4. The van der Waals surface area contributed by atoms with Crippen LogP contribution < -0.4 is 5.73 Å². The molecule has 2 N–H and O–H groups in total. The number of aromatic nitrogens is 2. The van der Waals surface area contributed by atoms with Crippen LogP contribution in [0.5, 0.6) is 0 Å². The summed E-state index contributed by atoms with van der Waals surface area (Å²) in [5.41, 5.74) is 11.2. The molecule has 1 atom stereocenters. The molecule has 0 spiro atoms. The third-order valence-corrected chi connectivity index (χ3v) is 3.89. The first-order valence-corrected chi connectivity index (χ1v) is 7.01. The van der Waals surface area contributed by atoms with Gasteiger partial charge >= 0.3 is 0 Å². The van der Waals surface area contributed by atoms with E-state index in [9.17, 15) is 0 Å². The van der Waals surface area contributed by atoms with Gasteiger partial charge in [0, 0.05) is 6.04 Å². The summed E-state index contributed by atoms with van der Waals surface area (Å²) < 4.78 is 4.00. The first kappa shape index (κ1) is 13.2. The number of nitrogens with zero attached hydrogens (tertiary/aromatic N) is 2. The van der Waals surface area contributed by atoms with Gasteiger partial charge in [-0.3, -0.25) is 0 Å². The Morgan fingerprint density at radius 1 is 1.22 bits per heavy atom. The molecule has 0 fully saturated rings. The van der Waals surface area contributed by atoms with Gasteiger partial charge in [0.05, 0.1) is 10.6 Å². The Morgan fingerprint density at radius 2 is 1.89 bits per heavy atom. The van der Waals surface area contributed by atoms with Gasteiger partial charge in [0.2, 0.25) is 0 Å². The van der Waals surface area contributed by atoms with E-state index in [4.69, 9.17) is 5.73 Å². The molecule has 0 saturated carbocycles. The monoisotopic (exact) mass is 261 g/mol. The fourth-order valence-electron chi connectivity index (χ4n) is 2.28. The van der Waals surface area contributed by atoms with Gasteiger partial charge in [-0.15, -0.1) is 5.10 Å². The average molecular weight is 261 g/mol.